The maximum Gasteiger partial charge on any atom is 0.327 e. The maximum atomic E-state index is 12.4. The van der Waals surface area contributed by atoms with Gasteiger partial charge in [0, 0.05) is 22.1 Å². The summed E-state index contributed by atoms with van der Waals surface area (Å²) in [4.78, 5) is 24.1. The van der Waals surface area contributed by atoms with Crippen LogP contribution in [0.4, 0.5) is 0 Å². The Morgan fingerprint density at radius 3 is 2.24 bits per heavy atom. The second-order valence-corrected chi connectivity index (χ2v) is 5.76. The molecule has 25 heavy (non-hydrogen) atoms. The molecule has 2 atom stereocenters. The molecule has 0 aromatic heterocycles. The van der Waals surface area contributed by atoms with Crippen LogP contribution in [0.5, 0.6) is 0 Å². The fourth-order valence-corrected chi connectivity index (χ4v) is 2.56. The minimum Gasteiger partial charge on any atom is -0.480 e. The molecule has 2 N–H and O–H groups in total. The van der Waals surface area contributed by atoms with Gasteiger partial charge in [-0.2, -0.15) is 5.26 Å². The summed E-state index contributed by atoms with van der Waals surface area (Å²) < 4.78 is 0. The predicted octanol–water partition coefficient (Wildman–Crippen LogP) is 3.39. The molecule has 0 radical (unpaired) electrons. The van der Waals surface area contributed by atoms with Crippen LogP contribution in [0, 0.1) is 11.3 Å². The molecule has 0 fully saturated rings. The molecular formula is C19H15ClN2O3. The Bertz CT molecular complexity index is 826. The van der Waals surface area contributed by atoms with Gasteiger partial charge >= 0.3 is 5.97 Å². The summed E-state index contributed by atoms with van der Waals surface area (Å²) in [6.45, 7) is 3.65. The third-order valence-electron chi connectivity index (χ3n) is 3.67. The van der Waals surface area contributed by atoms with Crippen LogP contribution in [0.1, 0.15) is 21.8 Å². The average Bonchev–Trinajstić information content (AvgIpc) is 2.62. The summed E-state index contributed by atoms with van der Waals surface area (Å²) in [5, 5.41) is 21.8. The summed E-state index contributed by atoms with van der Waals surface area (Å²) in [6.07, 6.45) is 0. The van der Waals surface area contributed by atoms with Crippen molar-refractivity contribution in [1.82, 2.24) is 5.32 Å². The van der Waals surface area contributed by atoms with Gasteiger partial charge in [-0.3, -0.25) is 4.79 Å². The monoisotopic (exact) mass is 354 g/mol. The lowest BCUT2D eigenvalue weighted by molar-refractivity contribution is -0.139. The summed E-state index contributed by atoms with van der Waals surface area (Å²) in [5.41, 5.74) is 0.881. The SMILES string of the molecule is C=C(C#N)[C@H](c1ccc(Cl)cc1)[C@@H](NC(=O)c1ccccc1)C(=O)O. The maximum absolute atomic E-state index is 12.4. The van der Waals surface area contributed by atoms with Crippen LogP contribution in [0.3, 0.4) is 0 Å². The Balaban J connectivity index is 2.38. The normalized spacial score (nSPS) is 12.5. The summed E-state index contributed by atoms with van der Waals surface area (Å²) in [7, 11) is 0. The first kappa shape index (κ1) is 18.2. The van der Waals surface area contributed by atoms with Gasteiger partial charge in [0.25, 0.3) is 5.91 Å². The fourth-order valence-electron chi connectivity index (χ4n) is 2.44. The smallest absolute Gasteiger partial charge is 0.327 e. The van der Waals surface area contributed by atoms with Crippen LogP contribution in [0.25, 0.3) is 0 Å². The van der Waals surface area contributed by atoms with Crippen LogP contribution in [-0.2, 0) is 4.79 Å². The largest absolute Gasteiger partial charge is 0.480 e. The lowest BCUT2D eigenvalue weighted by Crippen LogP contribution is -2.45. The number of carbonyl (C=O) groups is 2. The Morgan fingerprint density at radius 1 is 1.12 bits per heavy atom. The molecule has 0 bridgehead atoms. The molecule has 1 amide bonds. The Hall–Kier alpha value is -3.10. The van der Waals surface area contributed by atoms with E-state index in [0.29, 0.717) is 16.1 Å². The standard InChI is InChI=1S/C19H15ClN2O3/c1-12(11-21)16(13-7-9-15(20)10-8-13)17(19(24)25)22-18(23)14-5-3-2-4-6-14/h2-10,16-17H,1H2,(H,22,23)(H,24,25)/t16-,17-/m1/s1. The van der Waals surface area contributed by atoms with Crippen LogP contribution < -0.4 is 5.32 Å². The molecule has 0 aliphatic rings. The number of aliphatic carboxylic acids is 1. The number of nitrogens with zero attached hydrogens (tertiary/aromatic N) is 1. The van der Waals surface area contributed by atoms with Crippen molar-refractivity contribution in [2.24, 2.45) is 0 Å². The topological polar surface area (TPSA) is 90.2 Å². The van der Waals surface area contributed by atoms with Crippen molar-refractivity contribution in [3.05, 3.63) is 82.9 Å². The molecule has 0 saturated heterocycles. The second-order valence-electron chi connectivity index (χ2n) is 5.32. The number of rotatable bonds is 6. The minimum absolute atomic E-state index is 0.0306. The zero-order valence-corrected chi connectivity index (χ0v) is 13.9. The van der Waals surface area contributed by atoms with Crippen molar-refractivity contribution in [1.29, 1.82) is 5.26 Å². The van der Waals surface area contributed by atoms with Crippen molar-refractivity contribution in [3.8, 4) is 6.07 Å². The second kappa shape index (κ2) is 8.13. The molecule has 0 aliphatic carbocycles. The van der Waals surface area contributed by atoms with Crippen molar-refractivity contribution in [2.75, 3.05) is 0 Å². The van der Waals surface area contributed by atoms with Crippen LogP contribution >= 0.6 is 11.6 Å². The summed E-state index contributed by atoms with van der Waals surface area (Å²) in [5.74, 6) is -2.72. The van der Waals surface area contributed by atoms with E-state index >= 15 is 0 Å². The third kappa shape index (κ3) is 4.46. The van der Waals surface area contributed by atoms with Crippen LogP contribution in [0.2, 0.25) is 5.02 Å². The highest BCUT2D eigenvalue weighted by Crippen LogP contribution is 2.28. The fraction of sp³-hybridized carbons (Fsp3) is 0.105. The number of nitriles is 1. The van der Waals surface area contributed by atoms with Gasteiger partial charge < -0.3 is 10.4 Å². The highest BCUT2D eigenvalue weighted by molar-refractivity contribution is 6.30. The first-order chi connectivity index (χ1) is 11.9. The molecule has 6 heteroatoms. The van der Waals surface area contributed by atoms with Gasteiger partial charge in [0.15, 0.2) is 0 Å². The Morgan fingerprint density at radius 2 is 1.72 bits per heavy atom. The molecule has 0 spiro atoms. The van der Waals surface area contributed by atoms with E-state index in [1.54, 1.807) is 54.6 Å². The molecule has 0 unspecified atom stereocenters. The van der Waals surface area contributed by atoms with Crippen LogP contribution in [-0.4, -0.2) is 23.0 Å². The number of nitrogens with one attached hydrogen (secondary N) is 1. The number of carboxylic acids is 1. The van der Waals surface area contributed by atoms with Gasteiger partial charge in [0.2, 0.25) is 0 Å². The first-order valence-corrected chi connectivity index (χ1v) is 7.75. The highest BCUT2D eigenvalue weighted by Gasteiger charge is 2.33. The van der Waals surface area contributed by atoms with Gasteiger partial charge in [-0.1, -0.05) is 48.5 Å². The molecular weight excluding hydrogens is 340 g/mol. The lowest BCUT2D eigenvalue weighted by Gasteiger charge is -2.24. The third-order valence-corrected chi connectivity index (χ3v) is 3.92. The summed E-state index contributed by atoms with van der Waals surface area (Å²) >= 11 is 5.86. The van der Waals surface area contributed by atoms with E-state index in [-0.39, 0.29) is 5.57 Å². The van der Waals surface area contributed by atoms with Crippen molar-refractivity contribution in [2.45, 2.75) is 12.0 Å². The van der Waals surface area contributed by atoms with E-state index < -0.39 is 23.8 Å². The van der Waals surface area contributed by atoms with E-state index in [9.17, 15) is 20.0 Å². The number of hydrogen-bond acceptors (Lipinski definition) is 3. The quantitative estimate of drug-likeness (QED) is 0.778. The molecule has 2 aromatic carbocycles. The molecule has 0 heterocycles. The van der Waals surface area contributed by atoms with E-state index in [1.807, 2.05) is 6.07 Å². The molecule has 2 rings (SSSR count). The van der Waals surface area contributed by atoms with Gasteiger partial charge in [0.05, 0.1) is 6.07 Å². The zero-order valence-electron chi connectivity index (χ0n) is 13.1. The number of carbonyl (C=O) groups excluding carboxylic acids is 1. The van der Waals surface area contributed by atoms with Crippen LogP contribution in [0.15, 0.2) is 66.7 Å². The number of benzene rings is 2. The highest BCUT2D eigenvalue weighted by atomic mass is 35.5. The van der Waals surface area contributed by atoms with Crippen molar-refractivity contribution >= 4 is 23.5 Å². The molecule has 2 aromatic rings. The number of hydrogen-bond donors (Lipinski definition) is 2. The van der Waals surface area contributed by atoms with E-state index in [4.69, 9.17) is 11.6 Å². The molecule has 0 aliphatic heterocycles. The molecule has 5 nitrogen and oxygen atoms in total. The van der Waals surface area contributed by atoms with Gasteiger partial charge in [-0.05, 0) is 29.8 Å². The van der Waals surface area contributed by atoms with Crippen molar-refractivity contribution in [3.63, 3.8) is 0 Å². The number of halogens is 1. The summed E-state index contributed by atoms with van der Waals surface area (Å²) in [6, 6.07) is 15.2. The Labute approximate surface area is 150 Å². The number of amides is 1. The van der Waals surface area contributed by atoms with Gasteiger partial charge in [0.1, 0.15) is 6.04 Å². The Kier molecular flexibility index (Phi) is 5.93. The van der Waals surface area contributed by atoms with E-state index in [0.717, 1.165) is 0 Å². The van der Waals surface area contributed by atoms with Crippen molar-refractivity contribution < 1.29 is 14.7 Å². The van der Waals surface area contributed by atoms with Gasteiger partial charge in [-0.25, -0.2) is 4.79 Å². The minimum atomic E-state index is -1.35. The van der Waals surface area contributed by atoms with E-state index in [1.165, 1.54) is 0 Å². The predicted molar refractivity (Wildman–Crippen MR) is 94.3 cm³/mol. The average molecular weight is 355 g/mol. The van der Waals surface area contributed by atoms with Gasteiger partial charge in [-0.15, -0.1) is 0 Å². The zero-order chi connectivity index (χ0) is 18.4. The first-order valence-electron chi connectivity index (χ1n) is 7.37. The lowest BCUT2D eigenvalue weighted by atomic mass is 9.85. The molecule has 126 valence electrons. The van der Waals surface area contributed by atoms with E-state index in [2.05, 4.69) is 11.9 Å². The molecule has 0 saturated carbocycles. The number of carboxylic acid groups (broad SMARTS) is 1.